The Morgan fingerprint density at radius 2 is 2.17 bits per heavy atom. The number of benzene rings is 2. The van der Waals surface area contributed by atoms with Crippen molar-refractivity contribution < 1.29 is 13.9 Å². The van der Waals surface area contributed by atoms with Gasteiger partial charge in [0.2, 0.25) is 0 Å². The number of nitrogens with two attached hydrogens (primary N) is 1. The number of fused-ring (bicyclic) bond motifs is 1. The zero-order valence-corrected chi connectivity index (χ0v) is 12.7. The number of hydrogen-bond acceptors (Lipinski definition) is 3. The van der Waals surface area contributed by atoms with Crippen LogP contribution in [0.4, 0.5) is 20.6 Å². The van der Waals surface area contributed by atoms with Crippen LogP contribution in [0.25, 0.3) is 0 Å². The topological polar surface area (TPSA) is 76.4 Å². The van der Waals surface area contributed by atoms with E-state index in [2.05, 4.69) is 16.7 Å². The van der Waals surface area contributed by atoms with Crippen molar-refractivity contribution in [2.75, 3.05) is 17.7 Å². The third kappa shape index (κ3) is 3.06. The Balaban J connectivity index is 1.83. The molecule has 3 rings (SSSR count). The monoisotopic (exact) mass is 315 g/mol. The van der Waals surface area contributed by atoms with Crippen molar-refractivity contribution in [1.29, 1.82) is 0 Å². The van der Waals surface area contributed by atoms with E-state index in [1.54, 1.807) is 13.2 Å². The average Bonchev–Trinajstić information content (AvgIpc) is 2.93. The molecule has 2 amide bonds. The number of carbonyl (C=O) groups is 1. The summed E-state index contributed by atoms with van der Waals surface area (Å²) in [4.78, 5) is 10.9. The van der Waals surface area contributed by atoms with Crippen molar-refractivity contribution in [2.45, 2.75) is 18.9 Å². The van der Waals surface area contributed by atoms with E-state index in [0.29, 0.717) is 0 Å². The molecule has 1 aliphatic carbocycles. The van der Waals surface area contributed by atoms with Gasteiger partial charge in [-0.25, -0.2) is 9.18 Å². The highest BCUT2D eigenvalue weighted by Crippen LogP contribution is 2.38. The normalized spacial score (nSPS) is 15.8. The molecule has 23 heavy (non-hydrogen) atoms. The van der Waals surface area contributed by atoms with Crippen LogP contribution in [0.5, 0.6) is 5.75 Å². The number of halogens is 1. The van der Waals surface area contributed by atoms with Crippen LogP contribution in [0, 0.1) is 5.82 Å². The molecule has 0 radical (unpaired) electrons. The molecule has 1 aliphatic rings. The van der Waals surface area contributed by atoms with Gasteiger partial charge in [0.1, 0.15) is 11.6 Å². The number of nitrogens with one attached hydrogen (secondary N) is 2. The van der Waals surface area contributed by atoms with Crippen LogP contribution in [0.1, 0.15) is 23.6 Å². The maximum atomic E-state index is 13.7. The van der Waals surface area contributed by atoms with E-state index in [-0.39, 0.29) is 11.7 Å². The highest BCUT2D eigenvalue weighted by molar-refractivity contribution is 5.88. The second-order valence-electron chi connectivity index (χ2n) is 5.45. The Morgan fingerprint density at radius 3 is 2.91 bits per heavy atom. The lowest BCUT2D eigenvalue weighted by Gasteiger charge is -2.17. The summed E-state index contributed by atoms with van der Waals surface area (Å²) in [6.45, 7) is 0. The number of anilines is 2. The maximum absolute atomic E-state index is 13.7. The van der Waals surface area contributed by atoms with Gasteiger partial charge in [0.25, 0.3) is 0 Å². The standard InChI is InChI=1S/C17H18FN3O2/c1-23-16-4-2-3-11-12(16)6-8-14(11)20-10-5-7-13(18)15(9-10)21-17(19)22/h2-5,7,9,14,20H,6,8H2,1H3,(H3,19,21,22). The third-order valence-corrected chi connectivity index (χ3v) is 4.01. The van der Waals surface area contributed by atoms with Gasteiger partial charge in [-0.15, -0.1) is 0 Å². The fourth-order valence-corrected chi connectivity index (χ4v) is 3.01. The zero-order valence-electron chi connectivity index (χ0n) is 12.7. The van der Waals surface area contributed by atoms with E-state index < -0.39 is 11.8 Å². The molecule has 0 spiro atoms. The van der Waals surface area contributed by atoms with E-state index >= 15 is 0 Å². The first-order chi connectivity index (χ1) is 11.1. The van der Waals surface area contributed by atoms with Crippen molar-refractivity contribution in [3.63, 3.8) is 0 Å². The number of primary amides is 1. The van der Waals surface area contributed by atoms with Gasteiger partial charge >= 0.3 is 6.03 Å². The quantitative estimate of drug-likeness (QED) is 0.809. The van der Waals surface area contributed by atoms with Crippen molar-refractivity contribution in [3.8, 4) is 5.75 Å². The Morgan fingerprint density at radius 1 is 1.35 bits per heavy atom. The molecule has 0 fully saturated rings. The summed E-state index contributed by atoms with van der Waals surface area (Å²) in [5, 5.41) is 5.65. The first kappa shape index (κ1) is 15.1. The van der Waals surface area contributed by atoms with E-state index in [9.17, 15) is 9.18 Å². The largest absolute Gasteiger partial charge is 0.496 e. The number of hydrogen-bond donors (Lipinski definition) is 3. The number of amides is 2. The van der Waals surface area contributed by atoms with Crippen LogP contribution in [0.2, 0.25) is 0 Å². The van der Waals surface area contributed by atoms with E-state index in [4.69, 9.17) is 10.5 Å². The van der Waals surface area contributed by atoms with E-state index in [1.807, 2.05) is 12.1 Å². The van der Waals surface area contributed by atoms with Crippen LogP contribution >= 0.6 is 0 Å². The van der Waals surface area contributed by atoms with Gasteiger partial charge in [-0.2, -0.15) is 0 Å². The lowest BCUT2D eigenvalue weighted by molar-refractivity contribution is 0.259. The van der Waals surface area contributed by atoms with Gasteiger partial charge in [-0.05, 0) is 48.2 Å². The SMILES string of the molecule is COc1cccc2c1CCC2Nc1ccc(F)c(NC(N)=O)c1. The summed E-state index contributed by atoms with van der Waals surface area (Å²) in [6, 6.07) is 9.78. The number of ether oxygens (including phenoxy) is 1. The van der Waals surface area contributed by atoms with Crippen LogP contribution in [0.15, 0.2) is 36.4 Å². The second-order valence-corrected chi connectivity index (χ2v) is 5.45. The molecule has 2 aromatic carbocycles. The van der Waals surface area contributed by atoms with Crippen LogP contribution in [0.3, 0.4) is 0 Å². The summed E-state index contributed by atoms with van der Waals surface area (Å²) >= 11 is 0. The first-order valence-electron chi connectivity index (χ1n) is 7.37. The highest BCUT2D eigenvalue weighted by Gasteiger charge is 2.25. The van der Waals surface area contributed by atoms with Crippen molar-refractivity contribution in [1.82, 2.24) is 0 Å². The van der Waals surface area contributed by atoms with Crippen LogP contribution in [-0.4, -0.2) is 13.1 Å². The minimum absolute atomic E-state index is 0.0614. The Hall–Kier alpha value is -2.76. The number of carbonyl (C=O) groups excluding carboxylic acids is 1. The fraction of sp³-hybridized carbons (Fsp3) is 0.235. The van der Waals surface area contributed by atoms with Crippen LogP contribution < -0.4 is 21.1 Å². The third-order valence-electron chi connectivity index (χ3n) is 4.01. The molecule has 4 N–H and O–H groups in total. The molecule has 120 valence electrons. The minimum atomic E-state index is -0.794. The smallest absolute Gasteiger partial charge is 0.316 e. The Bertz CT molecular complexity index is 749. The minimum Gasteiger partial charge on any atom is -0.496 e. The lowest BCUT2D eigenvalue weighted by atomic mass is 10.1. The highest BCUT2D eigenvalue weighted by atomic mass is 19.1. The van der Waals surface area contributed by atoms with Gasteiger partial charge in [-0.1, -0.05) is 12.1 Å². The summed E-state index contributed by atoms with van der Waals surface area (Å²) < 4.78 is 19.1. The van der Waals surface area contributed by atoms with E-state index in [0.717, 1.165) is 24.3 Å². The number of rotatable bonds is 4. The summed E-state index contributed by atoms with van der Waals surface area (Å²) in [5.41, 5.74) is 8.21. The van der Waals surface area contributed by atoms with Crippen molar-refractivity contribution in [3.05, 3.63) is 53.3 Å². The molecule has 0 aromatic heterocycles. The molecule has 0 aliphatic heterocycles. The van der Waals surface area contributed by atoms with Crippen molar-refractivity contribution in [2.24, 2.45) is 5.73 Å². The molecule has 6 heteroatoms. The molecule has 0 bridgehead atoms. The van der Waals surface area contributed by atoms with Gasteiger partial charge in [-0.3, -0.25) is 0 Å². The van der Waals surface area contributed by atoms with Crippen molar-refractivity contribution >= 4 is 17.4 Å². The predicted molar refractivity (Wildman–Crippen MR) is 87.3 cm³/mol. The molecular weight excluding hydrogens is 297 g/mol. The molecule has 1 unspecified atom stereocenters. The van der Waals surface area contributed by atoms with Gasteiger partial charge in [0.05, 0.1) is 18.8 Å². The number of urea groups is 1. The van der Waals surface area contributed by atoms with Gasteiger partial charge < -0.3 is 21.1 Å². The Kier molecular flexibility index (Phi) is 4.06. The van der Waals surface area contributed by atoms with Crippen LogP contribution in [-0.2, 0) is 6.42 Å². The molecule has 1 atom stereocenters. The molecular formula is C17H18FN3O2. The lowest BCUT2D eigenvalue weighted by Crippen LogP contribution is -2.20. The second kappa shape index (κ2) is 6.16. The predicted octanol–water partition coefficient (Wildman–Crippen LogP) is 3.42. The summed E-state index contributed by atoms with van der Waals surface area (Å²) in [6.07, 6.45) is 1.84. The van der Waals surface area contributed by atoms with E-state index in [1.165, 1.54) is 23.3 Å². The molecule has 0 saturated heterocycles. The van der Waals surface area contributed by atoms with Gasteiger partial charge in [0, 0.05) is 5.69 Å². The fourth-order valence-electron chi connectivity index (χ4n) is 3.01. The first-order valence-corrected chi connectivity index (χ1v) is 7.37. The summed E-state index contributed by atoms with van der Waals surface area (Å²) in [7, 11) is 1.66. The maximum Gasteiger partial charge on any atom is 0.316 e. The summed E-state index contributed by atoms with van der Waals surface area (Å²) in [5.74, 6) is 0.366. The Labute approximate surface area is 133 Å². The number of methoxy groups -OCH3 is 1. The molecule has 0 saturated carbocycles. The average molecular weight is 315 g/mol. The molecule has 0 heterocycles. The van der Waals surface area contributed by atoms with Gasteiger partial charge in [0.15, 0.2) is 0 Å². The zero-order chi connectivity index (χ0) is 16.4. The molecule has 2 aromatic rings. The molecule has 5 nitrogen and oxygen atoms in total.